The third-order valence-electron chi connectivity index (χ3n) is 2.76. The van der Waals surface area contributed by atoms with Crippen LogP contribution in [0.4, 0.5) is 0 Å². The molecule has 1 rings (SSSR count). The minimum Gasteiger partial charge on any atom is -0.354 e. The summed E-state index contributed by atoms with van der Waals surface area (Å²) in [5, 5.41) is 6.17. The average Bonchev–Trinajstić information content (AvgIpc) is 2.44. The fraction of sp³-hybridized carbons (Fsp3) is 0.462. The Balaban J connectivity index is 2.59. The first kappa shape index (κ1) is 17.9. The Morgan fingerprint density at radius 1 is 1.24 bits per heavy atom. The first-order valence-corrected chi connectivity index (χ1v) is 8.39. The van der Waals surface area contributed by atoms with Crippen molar-refractivity contribution < 1.29 is 13.2 Å². The van der Waals surface area contributed by atoms with Crippen LogP contribution in [0.3, 0.4) is 0 Å². The van der Waals surface area contributed by atoms with Crippen molar-refractivity contribution in [2.75, 3.05) is 33.2 Å². The van der Waals surface area contributed by atoms with Crippen LogP contribution in [0.1, 0.15) is 6.92 Å². The summed E-state index contributed by atoms with van der Waals surface area (Å²) < 4.78 is 25.5. The highest BCUT2D eigenvalue weighted by molar-refractivity contribution is 7.89. The predicted molar refractivity (Wildman–Crippen MR) is 82.8 cm³/mol. The van der Waals surface area contributed by atoms with Crippen molar-refractivity contribution in [3.63, 3.8) is 0 Å². The van der Waals surface area contributed by atoms with E-state index in [1.165, 1.54) is 31.3 Å². The molecule has 1 amide bonds. The van der Waals surface area contributed by atoms with E-state index in [4.69, 9.17) is 11.6 Å². The van der Waals surface area contributed by atoms with E-state index in [9.17, 15) is 13.2 Å². The first-order chi connectivity index (χ1) is 9.87. The molecule has 0 aliphatic carbocycles. The van der Waals surface area contributed by atoms with E-state index in [0.717, 1.165) is 10.8 Å². The monoisotopic (exact) mass is 333 g/mol. The molecule has 0 radical (unpaired) electrons. The third kappa shape index (κ3) is 5.62. The van der Waals surface area contributed by atoms with Gasteiger partial charge in [0, 0.05) is 25.2 Å². The van der Waals surface area contributed by atoms with Crippen LogP contribution in [0.25, 0.3) is 0 Å². The van der Waals surface area contributed by atoms with Crippen LogP contribution in [-0.4, -0.2) is 51.9 Å². The molecule has 1 aromatic rings. The molecule has 0 aromatic heterocycles. The topological polar surface area (TPSA) is 78.5 Å². The molecular weight excluding hydrogens is 314 g/mol. The minimum absolute atomic E-state index is 0.106. The van der Waals surface area contributed by atoms with Crippen molar-refractivity contribution in [3.8, 4) is 0 Å². The summed E-state index contributed by atoms with van der Waals surface area (Å²) in [4.78, 5) is 11.8. The Hall–Kier alpha value is -1.15. The van der Waals surface area contributed by atoms with Crippen LogP contribution in [0.2, 0.25) is 5.02 Å². The summed E-state index contributed by atoms with van der Waals surface area (Å²) in [6.45, 7) is 3.67. The van der Waals surface area contributed by atoms with Crippen LogP contribution < -0.4 is 10.6 Å². The Morgan fingerprint density at radius 3 is 2.43 bits per heavy atom. The molecule has 0 aliphatic rings. The molecule has 0 unspecified atom stereocenters. The molecule has 6 nitrogen and oxygen atoms in total. The molecule has 2 N–H and O–H groups in total. The molecule has 0 saturated carbocycles. The van der Waals surface area contributed by atoms with Crippen LogP contribution in [-0.2, 0) is 14.8 Å². The summed E-state index contributed by atoms with van der Waals surface area (Å²) in [5.41, 5.74) is 0. The number of likely N-dealkylation sites (N-methyl/N-ethyl adjacent to an activating group) is 2. The number of carbonyl (C=O) groups excluding carboxylic acids is 1. The predicted octanol–water partition coefficient (Wildman–Crippen LogP) is 0.686. The average molecular weight is 334 g/mol. The van der Waals surface area contributed by atoms with E-state index in [2.05, 4.69) is 10.6 Å². The molecule has 0 atom stereocenters. The van der Waals surface area contributed by atoms with E-state index in [-0.39, 0.29) is 17.3 Å². The Morgan fingerprint density at radius 2 is 1.86 bits per heavy atom. The van der Waals surface area contributed by atoms with Crippen molar-refractivity contribution in [1.82, 2.24) is 14.9 Å². The number of benzene rings is 1. The summed E-state index contributed by atoms with van der Waals surface area (Å²) >= 11 is 5.73. The number of hydrogen-bond donors (Lipinski definition) is 2. The quantitative estimate of drug-likeness (QED) is 0.686. The minimum atomic E-state index is -3.69. The summed E-state index contributed by atoms with van der Waals surface area (Å²) in [5.74, 6) is -0.340. The molecule has 21 heavy (non-hydrogen) atoms. The zero-order valence-corrected chi connectivity index (χ0v) is 13.7. The molecule has 0 heterocycles. The lowest BCUT2D eigenvalue weighted by Crippen LogP contribution is -2.40. The van der Waals surface area contributed by atoms with E-state index in [1.54, 1.807) is 0 Å². The first-order valence-electron chi connectivity index (χ1n) is 6.57. The Bertz CT molecular complexity index is 561. The van der Waals surface area contributed by atoms with Crippen LogP contribution in [0, 0.1) is 0 Å². The molecule has 0 spiro atoms. The van der Waals surface area contributed by atoms with Gasteiger partial charge in [0.25, 0.3) is 0 Å². The maximum absolute atomic E-state index is 12.2. The number of amides is 1. The van der Waals surface area contributed by atoms with Gasteiger partial charge < -0.3 is 10.6 Å². The molecule has 0 fully saturated rings. The summed E-state index contributed by atoms with van der Waals surface area (Å²) in [6, 6.07) is 5.83. The number of carbonyl (C=O) groups is 1. The van der Waals surface area contributed by atoms with Gasteiger partial charge in [-0.15, -0.1) is 0 Å². The van der Waals surface area contributed by atoms with Gasteiger partial charge in [-0.3, -0.25) is 4.79 Å². The standard InChI is InChI=1S/C13H20ClN3O3S/c1-3-15-8-9-16-13(18)10-17(2)21(19,20)12-6-4-11(14)5-7-12/h4-7,15H,3,8-10H2,1-2H3,(H,16,18). The van der Waals surface area contributed by atoms with Crippen LogP contribution >= 0.6 is 11.6 Å². The van der Waals surface area contributed by atoms with Gasteiger partial charge in [0.05, 0.1) is 11.4 Å². The highest BCUT2D eigenvalue weighted by Crippen LogP contribution is 2.17. The zero-order valence-electron chi connectivity index (χ0n) is 12.1. The van der Waals surface area contributed by atoms with E-state index < -0.39 is 10.0 Å². The fourth-order valence-electron chi connectivity index (χ4n) is 1.60. The highest BCUT2D eigenvalue weighted by atomic mass is 35.5. The normalized spacial score (nSPS) is 11.6. The zero-order chi connectivity index (χ0) is 15.9. The lowest BCUT2D eigenvalue weighted by atomic mass is 10.4. The van der Waals surface area contributed by atoms with Crippen molar-refractivity contribution in [2.24, 2.45) is 0 Å². The molecule has 1 aromatic carbocycles. The molecule has 118 valence electrons. The number of hydrogen-bond acceptors (Lipinski definition) is 4. The van der Waals surface area contributed by atoms with E-state index >= 15 is 0 Å². The number of halogens is 1. The second-order valence-electron chi connectivity index (χ2n) is 4.42. The molecule has 8 heteroatoms. The van der Waals surface area contributed by atoms with Crippen molar-refractivity contribution in [1.29, 1.82) is 0 Å². The largest absolute Gasteiger partial charge is 0.354 e. The van der Waals surface area contributed by atoms with Crippen molar-refractivity contribution in [3.05, 3.63) is 29.3 Å². The van der Waals surface area contributed by atoms with Crippen LogP contribution in [0.15, 0.2) is 29.2 Å². The number of rotatable bonds is 8. The summed E-state index contributed by atoms with van der Waals surface area (Å²) in [6.07, 6.45) is 0. The third-order valence-corrected chi connectivity index (χ3v) is 4.83. The Kier molecular flexibility index (Phi) is 7.10. The van der Waals surface area contributed by atoms with Gasteiger partial charge in [0.2, 0.25) is 15.9 Å². The molecule has 0 aliphatic heterocycles. The van der Waals surface area contributed by atoms with Crippen molar-refractivity contribution in [2.45, 2.75) is 11.8 Å². The Labute approximate surface area is 130 Å². The van der Waals surface area contributed by atoms with Crippen molar-refractivity contribution >= 4 is 27.5 Å². The SMILES string of the molecule is CCNCCNC(=O)CN(C)S(=O)(=O)c1ccc(Cl)cc1. The number of nitrogens with zero attached hydrogens (tertiary/aromatic N) is 1. The number of sulfonamides is 1. The van der Waals surface area contributed by atoms with Crippen LogP contribution in [0.5, 0.6) is 0 Å². The van der Waals surface area contributed by atoms with E-state index in [0.29, 0.717) is 18.1 Å². The maximum Gasteiger partial charge on any atom is 0.243 e. The fourth-order valence-corrected chi connectivity index (χ4v) is 2.85. The highest BCUT2D eigenvalue weighted by Gasteiger charge is 2.22. The summed E-state index contributed by atoms with van der Waals surface area (Å²) in [7, 11) is -2.32. The van der Waals surface area contributed by atoms with Gasteiger partial charge in [-0.1, -0.05) is 18.5 Å². The van der Waals surface area contributed by atoms with Gasteiger partial charge in [-0.25, -0.2) is 8.42 Å². The van der Waals surface area contributed by atoms with E-state index in [1.807, 2.05) is 6.92 Å². The second kappa shape index (κ2) is 8.33. The lowest BCUT2D eigenvalue weighted by Gasteiger charge is -2.17. The smallest absolute Gasteiger partial charge is 0.243 e. The molecular formula is C13H20ClN3O3S. The van der Waals surface area contributed by atoms with Gasteiger partial charge >= 0.3 is 0 Å². The van der Waals surface area contributed by atoms with Gasteiger partial charge in [-0.05, 0) is 30.8 Å². The second-order valence-corrected chi connectivity index (χ2v) is 6.90. The maximum atomic E-state index is 12.2. The van der Waals surface area contributed by atoms with Gasteiger partial charge in [0.1, 0.15) is 0 Å². The number of nitrogens with one attached hydrogen (secondary N) is 2. The lowest BCUT2D eigenvalue weighted by molar-refractivity contribution is -0.121. The van der Waals surface area contributed by atoms with Gasteiger partial charge in [0.15, 0.2) is 0 Å². The van der Waals surface area contributed by atoms with Gasteiger partial charge in [-0.2, -0.15) is 4.31 Å². The molecule has 0 saturated heterocycles. The molecule has 0 bridgehead atoms.